The van der Waals surface area contributed by atoms with Crippen LogP contribution in [-0.2, 0) is 0 Å². The molecular formula is C15H12BrN3O. The van der Waals surface area contributed by atoms with Gasteiger partial charge in [0.1, 0.15) is 5.75 Å². The molecule has 4 nitrogen and oxygen atoms in total. The molecule has 2 aromatic carbocycles. The van der Waals surface area contributed by atoms with E-state index in [0.717, 1.165) is 21.1 Å². The second-order valence-corrected chi connectivity index (χ2v) is 5.01. The summed E-state index contributed by atoms with van der Waals surface area (Å²) < 4.78 is 6.81. The van der Waals surface area contributed by atoms with E-state index in [1.165, 1.54) is 0 Å². The monoisotopic (exact) mass is 329 g/mol. The van der Waals surface area contributed by atoms with Crippen molar-refractivity contribution in [3.63, 3.8) is 0 Å². The number of benzene rings is 2. The van der Waals surface area contributed by atoms with E-state index in [0.29, 0.717) is 11.8 Å². The van der Waals surface area contributed by atoms with Gasteiger partial charge in [-0.2, -0.15) is 4.98 Å². The molecule has 0 bridgehead atoms. The summed E-state index contributed by atoms with van der Waals surface area (Å²) in [7, 11) is 1.78. The molecule has 1 heterocycles. The molecule has 1 aromatic heterocycles. The standard InChI is InChI=1S/C15H12BrN3O/c1-17-15-18-12-8-4-2-6-10(12)14(19-15)20-13-9-5-3-7-11(13)16/h2-9H,1H3,(H,17,18,19). The zero-order valence-corrected chi connectivity index (χ0v) is 12.4. The van der Waals surface area contributed by atoms with Gasteiger partial charge < -0.3 is 10.1 Å². The molecule has 0 amide bonds. The highest BCUT2D eigenvalue weighted by atomic mass is 79.9. The van der Waals surface area contributed by atoms with E-state index in [9.17, 15) is 0 Å². The van der Waals surface area contributed by atoms with Gasteiger partial charge in [0.2, 0.25) is 11.8 Å². The lowest BCUT2D eigenvalue weighted by atomic mass is 10.2. The molecule has 1 N–H and O–H groups in total. The first kappa shape index (κ1) is 12.9. The van der Waals surface area contributed by atoms with Crippen molar-refractivity contribution in [2.24, 2.45) is 0 Å². The van der Waals surface area contributed by atoms with Crippen molar-refractivity contribution < 1.29 is 4.74 Å². The largest absolute Gasteiger partial charge is 0.437 e. The molecule has 0 saturated carbocycles. The highest BCUT2D eigenvalue weighted by Crippen LogP contribution is 2.32. The highest BCUT2D eigenvalue weighted by molar-refractivity contribution is 9.10. The summed E-state index contributed by atoms with van der Waals surface area (Å²) in [5.74, 6) is 1.79. The Morgan fingerprint density at radius 1 is 1.00 bits per heavy atom. The summed E-state index contributed by atoms with van der Waals surface area (Å²) in [6, 6.07) is 15.4. The molecule has 0 aliphatic heterocycles. The van der Waals surface area contributed by atoms with E-state index in [1.54, 1.807) is 7.05 Å². The van der Waals surface area contributed by atoms with Crippen LogP contribution in [0.1, 0.15) is 0 Å². The second-order valence-electron chi connectivity index (χ2n) is 4.15. The van der Waals surface area contributed by atoms with Crippen LogP contribution in [0.25, 0.3) is 10.9 Å². The fraction of sp³-hybridized carbons (Fsp3) is 0.0667. The third kappa shape index (κ3) is 2.44. The van der Waals surface area contributed by atoms with Gasteiger partial charge in [-0.25, -0.2) is 4.98 Å². The summed E-state index contributed by atoms with van der Waals surface area (Å²) in [4.78, 5) is 8.79. The number of nitrogens with one attached hydrogen (secondary N) is 1. The van der Waals surface area contributed by atoms with E-state index < -0.39 is 0 Å². The Bertz CT molecular complexity index is 761. The molecule has 3 aromatic rings. The normalized spacial score (nSPS) is 10.5. The maximum Gasteiger partial charge on any atom is 0.232 e. The van der Waals surface area contributed by atoms with Crippen LogP contribution in [0, 0.1) is 0 Å². The maximum absolute atomic E-state index is 5.93. The van der Waals surface area contributed by atoms with E-state index >= 15 is 0 Å². The van der Waals surface area contributed by atoms with E-state index in [2.05, 4.69) is 31.2 Å². The van der Waals surface area contributed by atoms with Crippen molar-refractivity contribution in [1.82, 2.24) is 9.97 Å². The Hall–Kier alpha value is -2.14. The number of nitrogens with zero attached hydrogens (tertiary/aromatic N) is 2. The molecule has 0 spiro atoms. The van der Waals surface area contributed by atoms with Gasteiger partial charge >= 0.3 is 0 Å². The lowest BCUT2D eigenvalue weighted by Gasteiger charge is -2.10. The van der Waals surface area contributed by atoms with Gasteiger partial charge in [-0.05, 0) is 40.2 Å². The number of para-hydroxylation sites is 2. The molecule has 5 heteroatoms. The number of halogens is 1. The van der Waals surface area contributed by atoms with Gasteiger partial charge in [-0.15, -0.1) is 0 Å². The topological polar surface area (TPSA) is 47.0 Å². The molecule has 0 unspecified atom stereocenters. The zero-order valence-electron chi connectivity index (χ0n) is 10.8. The quantitative estimate of drug-likeness (QED) is 0.781. The Labute approximate surface area is 125 Å². The molecule has 100 valence electrons. The van der Waals surface area contributed by atoms with Crippen molar-refractivity contribution in [3.8, 4) is 11.6 Å². The van der Waals surface area contributed by atoms with Gasteiger partial charge in [-0.3, -0.25) is 0 Å². The highest BCUT2D eigenvalue weighted by Gasteiger charge is 2.10. The van der Waals surface area contributed by atoms with Crippen LogP contribution >= 0.6 is 15.9 Å². The summed E-state index contributed by atoms with van der Waals surface area (Å²) >= 11 is 3.47. The fourth-order valence-electron chi connectivity index (χ4n) is 1.87. The molecule has 0 fully saturated rings. The van der Waals surface area contributed by atoms with Gasteiger partial charge in [0.15, 0.2) is 0 Å². The van der Waals surface area contributed by atoms with Crippen LogP contribution in [0.4, 0.5) is 5.95 Å². The molecule has 3 rings (SSSR count). The summed E-state index contributed by atoms with van der Waals surface area (Å²) in [6.07, 6.45) is 0. The zero-order chi connectivity index (χ0) is 13.9. The van der Waals surface area contributed by atoms with Gasteiger partial charge in [-0.1, -0.05) is 24.3 Å². The van der Waals surface area contributed by atoms with Crippen molar-refractivity contribution in [1.29, 1.82) is 0 Å². The van der Waals surface area contributed by atoms with Crippen LogP contribution in [-0.4, -0.2) is 17.0 Å². The van der Waals surface area contributed by atoms with Crippen LogP contribution in [0.15, 0.2) is 53.0 Å². The number of fused-ring (bicyclic) bond motifs is 1. The second kappa shape index (κ2) is 5.46. The third-order valence-electron chi connectivity index (χ3n) is 2.84. The van der Waals surface area contributed by atoms with Gasteiger partial charge in [0.25, 0.3) is 0 Å². The average molecular weight is 330 g/mol. The molecule has 0 atom stereocenters. The summed E-state index contributed by atoms with van der Waals surface area (Å²) in [5.41, 5.74) is 0.842. The van der Waals surface area contributed by atoms with E-state index in [1.807, 2.05) is 48.5 Å². The molecule has 0 saturated heterocycles. The van der Waals surface area contributed by atoms with Crippen LogP contribution in [0.3, 0.4) is 0 Å². The van der Waals surface area contributed by atoms with Gasteiger partial charge in [0, 0.05) is 7.05 Å². The lowest BCUT2D eigenvalue weighted by molar-refractivity contribution is 0.466. The SMILES string of the molecule is CNc1nc(Oc2ccccc2Br)c2ccccc2n1. The molecule has 0 radical (unpaired) electrons. The predicted molar refractivity (Wildman–Crippen MR) is 83.3 cm³/mol. The molecular weight excluding hydrogens is 318 g/mol. The maximum atomic E-state index is 5.93. The number of hydrogen-bond donors (Lipinski definition) is 1. The fourth-order valence-corrected chi connectivity index (χ4v) is 2.23. The smallest absolute Gasteiger partial charge is 0.232 e. The van der Waals surface area contributed by atoms with Crippen LogP contribution in [0.5, 0.6) is 11.6 Å². The molecule has 0 aliphatic carbocycles. The first-order valence-electron chi connectivity index (χ1n) is 6.15. The Morgan fingerprint density at radius 3 is 2.55 bits per heavy atom. The van der Waals surface area contributed by atoms with E-state index in [4.69, 9.17) is 4.74 Å². The first-order chi connectivity index (χ1) is 9.78. The summed E-state index contributed by atoms with van der Waals surface area (Å²) in [5, 5.41) is 3.82. The van der Waals surface area contributed by atoms with Crippen LogP contribution < -0.4 is 10.1 Å². The minimum atomic E-state index is 0.533. The van der Waals surface area contributed by atoms with Gasteiger partial charge in [0.05, 0.1) is 15.4 Å². The third-order valence-corrected chi connectivity index (χ3v) is 3.49. The van der Waals surface area contributed by atoms with E-state index in [-0.39, 0.29) is 0 Å². The minimum absolute atomic E-state index is 0.533. The van der Waals surface area contributed by atoms with Crippen molar-refractivity contribution >= 4 is 32.8 Å². The Morgan fingerprint density at radius 2 is 1.75 bits per heavy atom. The number of rotatable bonds is 3. The van der Waals surface area contributed by atoms with Crippen molar-refractivity contribution in [3.05, 3.63) is 53.0 Å². The van der Waals surface area contributed by atoms with Crippen LogP contribution in [0.2, 0.25) is 0 Å². The lowest BCUT2D eigenvalue weighted by Crippen LogP contribution is -1.99. The first-order valence-corrected chi connectivity index (χ1v) is 6.94. The number of ether oxygens (including phenoxy) is 1. The Balaban J connectivity index is 2.13. The molecule has 20 heavy (non-hydrogen) atoms. The number of aromatic nitrogens is 2. The van der Waals surface area contributed by atoms with Crippen molar-refractivity contribution in [2.75, 3.05) is 12.4 Å². The Kier molecular flexibility index (Phi) is 3.52. The minimum Gasteiger partial charge on any atom is -0.437 e. The number of anilines is 1. The predicted octanol–water partition coefficient (Wildman–Crippen LogP) is 4.23. The average Bonchev–Trinajstić information content (AvgIpc) is 2.49. The van der Waals surface area contributed by atoms with Crippen molar-refractivity contribution in [2.45, 2.75) is 0 Å². The molecule has 0 aliphatic rings. The number of hydrogen-bond acceptors (Lipinski definition) is 4. The summed E-state index contributed by atoms with van der Waals surface area (Å²) in [6.45, 7) is 0.